The van der Waals surface area contributed by atoms with Gasteiger partial charge >= 0.3 is 0 Å². The minimum atomic E-state index is -0.346. The summed E-state index contributed by atoms with van der Waals surface area (Å²) in [6.07, 6.45) is 5.42. The first-order valence-electron chi connectivity index (χ1n) is 4.16. The maximum atomic E-state index is 10.5. The summed E-state index contributed by atoms with van der Waals surface area (Å²) in [7, 11) is 0. The Morgan fingerprint density at radius 1 is 1.71 bits per heavy atom. The minimum Gasteiger partial charge on any atom is -0.369 e. The zero-order valence-corrected chi connectivity index (χ0v) is 8.58. The van der Waals surface area contributed by atoms with Crippen molar-refractivity contribution in [3.63, 3.8) is 0 Å². The van der Waals surface area contributed by atoms with Gasteiger partial charge in [-0.3, -0.25) is 4.79 Å². The first-order valence-corrected chi connectivity index (χ1v) is 4.54. The second-order valence-corrected chi connectivity index (χ2v) is 3.32. The van der Waals surface area contributed by atoms with Gasteiger partial charge in [-0.15, -0.1) is 0 Å². The summed E-state index contributed by atoms with van der Waals surface area (Å²) < 4.78 is 0. The highest BCUT2D eigenvalue weighted by Crippen LogP contribution is 2.13. The number of carbonyl (C=O) groups is 1. The van der Waals surface area contributed by atoms with Gasteiger partial charge in [-0.2, -0.15) is 0 Å². The molecule has 0 fully saturated rings. The van der Waals surface area contributed by atoms with Crippen molar-refractivity contribution in [1.29, 1.82) is 0 Å². The lowest BCUT2D eigenvalue weighted by atomic mass is 10.1. The molecule has 0 bridgehead atoms. The van der Waals surface area contributed by atoms with Crippen molar-refractivity contribution in [1.82, 2.24) is 4.98 Å². The molecule has 0 saturated heterocycles. The monoisotopic (exact) mass is 210 g/mol. The van der Waals surface area contributed by atoms with Crippen molar-refractivity contribution in [3.05, 3.63) is 34.6 Å². The van der Waals surface area contributed by atoms with Crippen LogP contribution in [-0.2, 0) is 4.79 Å². The quantitative estimate of drug-likeness (QED) is 0.776. The van der Waals surface area contributed by atoms with Gasteiger partial charge in [0.25, 0.3) is 0 Å². The summed E-state index contributed by atoms with van der Waals surface area (Å²) in [6, 6.07) is 1.77. The lowest BCUT2D eigenvalue weighted by Crippen LogP contribution is -2.07. The average Bonchev–Trinajstić information content (AvgIpc) is 2.08. The van der Waals surface area contributed by atoms with E-state index in [1.54, 1.807) is 18.3 Å². The lowest BCUT2D eigenvalue weighted by molar-refractivity contribution is -0.117. The second kappa shape index (κ2) is 4.77. The van der Waals surface area contributed by atoms with Crippen LogP contribution in [0.5, 0.6) is 0 Å². The number of pyridine rings is 1. The van der Waals surface area contributed by atoms with E-state index in [9.17, 15) is 4.79 Å². The Morgan fingerprint density at radius 2 is 2.43 bits per heavy atom. The molecule has 74 valence electrons. The highest BCUT2D eigenvalue weighted by Gasteiger charge is 1.96. The first kappa shape index (κ1) is 10.7. The summed E-state index contributed by atoms with van der Waals surface area (Å²) in [6.45, 7) is 1.93. The Bertz CT molecular complexity index is 374. The molecule has 0 atom stereocenters. The molecule has 0 unspecified atom stereocenters. The number of primary amides is 1. The largest absolute Gasteiger partial charge is 0.369 e. The number of aryl methyl sites for hydroxylation is 1. The summed E-state index contributed by atoms with van der Waals surface area (Å²) >= 11 is 5.69. The average molecular weight is 211 g/mol. The molecule has 0 aliphatic heterocycles. The van der Waals surface area contributed by atoms with Crippen molar-refractivity contribution >= 4 is 23.6 Å². The van der Waals surface area contributed by atoms with Gasteiger partial charge < -0.3 is 5.73 Å². The molecule has 2 N–H and O–H groups in total. The van der Waals surface area contributed by atoms with Crippen molar-refractivity contribution < 1.29 is 4.79 Å². The zero-order chi connectivity index (χ0) is 10.6. The summed E-state index contributed by atoms with van der Waals surface area (Å²) in [5, 5.41) is 0.467. The fraction of sp³-hybridized carbons (Fsp3) is 0.200. The van der Waals surface area contributed by atoms with Crippen LogP contribution in [0.1, 0.15) is 17.5 Å². The molecule has 0 aliphatic carbocycles. The Hall–Kier alpha value is -1.35. The molecule has 1 amide bonds. The SMILES string of the molecule is Cc1cc(Cl)ncc1C=CCC(N)=O. The van der Waals surface area contributed by atoms with E-state index in [2.05, 4.69) is 4.98 Å². The van der Waals surface area contributed by atoms with Crippen molar-refractivity contribution in [3.8, 4) is 0 Å². The van der Waals surface area contributed by atoms with Gasteiger partial charge in [-0.25, -0.2) is 4.98 Å². The summed E-state index contributed by atoms with van der Waals surface area (Å²) in [5.74, 6) is -0.346. The van der Waals surface area contributed by atoms with Gasteiger partial charge in [0.2, 0.25) is 5.91 Å². The zero-order valence-electron chi connectivity index (χ0n) is 7.83. The number of amides is 1. The highest BCUT2D eigenvalue weighted by atomic mass is 35.5. The van der Waals surface area contributed by atoms with Crippen LogP contribution in [0.2, 0.25) is 5.15 Å². The molecule has 0 spiro atoms. The van der Waals surface area contributed by atoms with Crippen LogP contribution in [0, 0.1) is 6.92 Å². The molecule has 4 heteroatoms. The number of rotatable bonds is 3. The fourth-order valence-electron chi connectivity index (χ4n) is 1.01. The molecule has 0 radical (unpaired) electrons. The van der Waals surface area contributed by atoms with Crippen molar-refractivity contribution in [2.24, 2.45) is 5.73 Å². The smallest absolute Gasteiger partial charge is 0.221 e. The molecule has 1 aromatic heterocycles. The normalized spacial score (nSPS) is 10.7. The number of hydrogen-bond acceptors (Lipinski definition) is 2. The number of carbonyl (C=O) groups excluding carboxylic acids is 1. The second-order valence-electron chi connectivity index (χ2n) is 2.94. The van der Waals surface area contributed by atoms with E-state index in [0.717, 1.165) is 11.1 Å². The van der Waals surface area contributed by atoms with Crippen molar-refractivity contribution in [2.75, 3.05) is 0 Å². The van der Waals surface area contributed by atoms with Gasteiger partial charge in [-0.05, 0) is 24.1 Å². The van der Waals surface area contributed by atoms with E-state index in [-0.39, 0.29) is 12.3 Å². The van der Waals surface area contributed by atoms with Gasteiger partial charge in [0.05, 0.1) is 0 Å². The third-order valence-electron chi connectivity index (χ3n) is 1.73. The maximum Gasteiger partial charge on any atom is 0.221 e. The summed E-state index contributed by atoms with van der Waals surface area (Å²) in [5.41, 5.74) is 6.95. The Kier molecular flexibility index (Phi) is 3.65. The number of hydrogen-bond donors (Lipinski definition) is 1. The maximum absolute atomic E-state index is 10.5. The lowest BCUT2D eigenvalue weighted by Gasteiger charge is -1.98. The molecular formula is C10H11ClN2O. The van der Waals surface area contributed by atoms with Gasteiger partial charge in [-0.1, -0.05) is 23.8 Å². The molecule has 0 saturated carbocycles. The Morgan fingerprint density at radius 3 is 3.00 bits per heavy atom. The number of nitrogens with two attached hydrogens (primary N) is 1. The Labute approximate surface area is 87.6 Å². The van der Waals surface area contributed by atoms with Crippen LogP contribution >= 0.6 is 11.6 Å². The molecule has 0 aromatic carbocycles. The van der Waals surface area contributed by atoms with Gasteiger partial charge in [0.15, 0.2) is 0 Å². The number of aromatic nitrogens is 1. The fourth-order valence-corrected chi connectivity index (χ4v) is 1.22. The third-order valence-corrected chi connectivity index (χ3v) is 1.94. The number of halogens is 1. The van der Waals surface area contributed by atoms with Crippen molar-refractivity contribution in [2.45, 2.75) is 13.3 Å². The number of nitrogens with zero attached hydrogens (tertiary/aromatic N) is 1. The van der Waals surface area contributed by atoms with Crippen LogP contribution < -0.4 is 5.73 Å². The highest BCUT2D eigenvalue weighted by molar-refractivity contribution is 6.29. The van der Waals surface area contributed by atoms with Crippen LogP contribution in [-0.4, -0.2) is 10.9 Å². The van der Waals surface area contributed by atoms with E-state index >= 15 is 0 Å². The molecule has 1 rings (SSSR count). The Balaban J connectivity index is 2.76. The summed E-state index contributed by atoms with van der Waals surface area (Å²) in [4.78, 5) is 14.4. The van der Waals surface area contributed by atoms with Crippen LogP contribution in [0.15, 0.2) is 18.3 Å². The van der Waals surface area contributed by atoms with E-state index < -0.39 is 0 Å². The van der Waals surface area contributed by atoms with E-state index in [4.69, 9.17) is 17.3 Å². The topological polar surface area (TPSA) is 56.0 Å². The molecule has 3 nitrogen and oxygen atoms in total. The van der Waals surface area contributed by atoms with E-state index in [1.807, 2.05) is 13.0 Å². The van der Waals surface area contributed by atoms with Crippen LogP contribution in [0.25, 0.3) is 6.08 Å². The predicted octanol–water partition coefficient (Wildman–Crippen LogP) is 1.93. The standard InChI is InChI=1S/C10H11ClN2O/c1-7-5-9(11)13-6-8(7)3-2-4-10(12)14/h2-3,5-6H,4H2,1H3,(H2,12,14). The van der Waals surface area contributed by atoms with Gasteiger partial charge in [0.1, 0.15) is 5.15 Å². The van der Waals surface area contributed by atoms with Crippen LogP contribution in [0.4, 0.5) is 0 Å². The molecular weight excluding hydrogens is 200 g/mol. The van der Waals surface area contributed by atoms with Crippen LogP contribution in [0.3, 0.4) is 0 Å². The van der Waals surface area contributed by atoms with E-state index in [1.165, 1.54) is 0 Å². The minimum absolute atomic E-state index is 0.238. The molecule has 0 aliphatic rings. The molecule has 1 heterocycles. The van der Waals surface area contributed by atoms with E-state index in [0.29, 0.717) is 5.15 Å². The molecule has 1 aromatic rings. The first-order chi connectivity index (χ1) is 6.59. The molecule has 14 heavy (non-hydrogen) atoms. The predicted molar refractivity (Wildman–Crippen MR) is 56.8 cm³/mol. The third kappa shape index (κ3) is 3.18. The van der Waals surface area contributed by atoms with Gasteiger partial charge in [0, 0.05) is 12.6 Å².